The fourth-order valence-corrected chi connectivity index (χ4v) is 2.56. The predicted molar refractivity (Wildman–Crippen MR) is 50.2 cm³/mol. The summed E-state index contributed by atoms with van der Waals surface area (Å²) >= 11 is 7.04. The average molecular weight is 188 g/mol. The van der Waals surface area contributed by atoms with E-state index in [1.54, 1.807) is 0 Å². The lowest BCUT2D eigenvalue weighted by atomic mass is 10.1. The van der Waals surface area contributed by atoms with Gasteiger partial charge in [0.15, 0.2) is 0 Å². The molecule has 2 unspecified atom stereocenters. The first kappa shape index (κ1) is 7.83. The summed E-state index contributed by atoms with van der Waals surface area (Å²) in [6, 6.07) is 0. The number of rotatable bonds is 1. The van der Waals surface area contributed by atoms with Crippen molar-refractivity contribution in [2.24, 2.45) is 0 Å². The van der Waals surface area contributed by atoms with Crippen LogP contribution in [0.3, 0.4) is 0 Å². The molecule has 0 spiro atoms. The minimum absolute atomic E-state index is 0.150. The van der Waals surface area contributed by atoms with Gasteiger partial charge in [0.2, 0.25) is 0 Å². The first-order chi connectivity index (χ1) is 5.38. The lowest BCUT2D eigenvalue weighted by Gasteiger charge is -2.35. The van der Waals surface area contributed by atoms with E-state index in [-0.39, 0.29) is 6.10 Å². The van der Waals surface area contributed by atoms with Gasteiger partial charge in [-0.05, 0) is 12.2 Å². The van der Waals surface area contributed by atoms with E-state index in [1.165, 1.54) is 12.2 Å². The van der Waals surface area contributed by atoms with E-state index in [4.69, 9.17) is 17.0 Å². The minimum atomic E-state index is 0.150. The molecule has 2 saturated heterocycles. The summed E-state index contributed by atoms with van der Waals surface area (Å²) < 4.78 is 5.54. The maximum Gasteiger partial charge on any atom is 0.127 e. The lowest BCUT2D eigenvalue weighted by Crippen LogP contribution is -2.47. The smallest absolute Gasteiger partial charge is 0.127 e. The van der Waals surface area contributed by atoms with Crippen molar-refractivity contribution in [1.82, 2.24) is 5.32 Å². The topological polar surface area (TPSA) is 23.3 Å². The largest absolute Gasteiger partial charge is 0.368 e. The molecule has 0 aliphatic carbocycles. The summed E-state index contributed by atoms with van der Waals surface area (Å²) in [5.41, 5.74) is 0. The summed E-state index contributed by atoms with van der Waals surface area (Å²) in [7, 11) is 0. The van der Waals surface area contributed by atoms with Gasteiger partial charge in [0.1, 0.15) is 11.1 Å². The van der Waals surface area contributed by atoms with E-state index >= 15 is 0 Å². The molecule has 2 heterocycles. The van der Waals surface area contributed by atoms with Gasteiger partial charge < -0.3 is 4.74 Å². The zero-order valence-corrected chi connectivity index (χ0v) is 7.79. The minimum Gasteiger partial charge on any atom is -0.368 e. The molecule has 0 aromatic heterocycles. The summed E-state index contributed by atoms with van der Waals surface area (Å²) in [6.45, 7) is 1.51. The highest BCUT2D eigenvalue weighted by molar-refractivity contribution is 8.01. The van der Waals surface area contributed by atoms with Gasteiger partial charge in [0.25, 0.3) is 0 Å². The summed E-state index contributed by atoms with van der Waals surface area (Å²) in [6.07, 6.45) is 1.39. The van der Waals surface area contributed by atoms with Crippen LogP contribution < -0.4 is 5.32 Å². The van der Waals surface area contributed by atoms with Crippen LogP contribution in [0.4, 0.5) is 0 Å². The van der Waals surface area contributed by atoms with Crippen LogP contribution in [0, 0.1) is 0 Å². The van der Waals surface area contributed by atoms with Gasteiger partial charge in [0.05, 0.1) is 13.2 Å². The first-order valence-corrected chi connectivity index (χ1v) is 5.28. The third-order valence-corrected chi connectivity index (χ3v) is 3.72. The van der Waals surface area contributed by atoms with E-state index in [2.05, 4.69) is 5.32 Å². The van der Waals surface area contributed by atoms with Crippen LogP contribution in [0.15, 0.2) is 0 Å². The second-order valence-electron chi connectivity index (χ2n) is 2.71. The number of hydrogen-bond donors (Lipinski definition) is 0. The lowest BCUT2D eigenvalue weighted by molar-refractivity contribution is 0.0817. The van der Waals surface area contributed by atoms with E-state index in [0.29, 0.717) is 5.25 Å². The summed E-state index contributed by atoms with van der Waals surface area (Å²) in [5, 5.41) is 4.81. The molecule has 4 heteroatoms. The van der Waals surface area contributed by atoms with Crippen LogP contribution in [-0.4, -0.2) is 35.2 Å². The third kappa shape index (κ3) is 1.53. The zero-order chi connectivity index (χ0) is 7.68. The Hall–Kier alpha value is 0.200. The van der Waals surface area contributed by atoms with E-state index in [1.807, 2.05) is 11.8 Å². The summed E-state index contributed by atoms with van der Waals surface area (Å²) in [5.74, 6) is 1.26. The Balaban J connectivity index is 1.93. The van der Waals surface area contributed by atoms with Gasteiger partial charge in [-0.2, -0.15) is 11.8 Å². The van der Waals surface area contributed by atoms with Crippen LogP contribution in [0.25, 0.3) is 0 Å². The van der Waals surface area contributed by atoms with Crippen molar-refractivity contribution in [3.8, 4) is 0 Å². The predicted octanol–water partition coefficient (Wildman–Crippen LogP) is 0.822. The van der Waals surface area contributed by atoms with Crippen molar-refractivity contribution in [3.63, 3.8) is 0 Å². The van der Waals surface area contributed by atoms with E-state index < -0.39 is 0 Å². The molecular weight excluding hydrogens is 178 g/mol. The molecule has 2 atom stereocenters. The SMILES string of the molecule is S=C1[N]CCOC1C1CCS1. The number of hydrogen-bond acceptors (Lipinski definition) is 3. The van der Waals surface area contributed by atoms with Gasteiger partial charge in [-0.15, -0.1) is 0 Å². The number of thiocarbonyl (C=S) groups is 1. The first-order valence-electron chi connectivity index (χ1n) is 3.82. The van der Waals surface area contributed by atoms with Crippen LogP contribution in [0.5, 0.6) is 0 Å². The molecule has 0 amide bonds. The molecule has 2 rings (SSSR count). The van der Waals surface area contributed by atoms with Crippen LogP contribution in [0.2, 0.25) is 0 Å². The van der Waals surface area contributed by atoms with E-state index in [9.17, 15) is 0 Å². The van der Waals surface area contributed by atoms with Crippen LogP contribution >= 0.6 is 24.0 Å². The average Bonchev–Trinajstić information content (AvgIpc) is 1.90. The molecule has 2 aliphatic heterocycles. The second kappa shape index (κ2) is 3.29. The molecule has 0 aromatic carbocycles. The fraction of sp³-hybridized carbons (Fsp3) is 0.857. The van der Waals surface area contributed by atoms with Gasteiger partial charge in [-0.3, -0.25) is 5.32 Å². The van der Waals surface area contributed by atoms with Crippen molar-refractivity contribution >= 4 is 29.0 Å². The number of ether oxygens (including phenoxy) is 1. The molecule has 2 nitrogen and oxygen atoms in total. The fourth-order valence-electron chi connectivity index (χ4n) is 1.26. The molecule has 2 aliphatic rings. The summed E-state index contributed by atoms with van der Waals surface area (Å²) in [4.78, 5) is 0.786. The number of nitrogens with zero attached hydrogens (tertiary/aromatic N) is 1. The third-order valence-electron chi connectivity index (χ3n) is 1.97. The zero-order valence-electron chi connectivity index (χ0n) is 6.16. The van der Waals surface area contributed by atoms with Gasteiger partial charge >= 0.3 is 0 Å². The van der Waals surface area contributed by atoms with Crippen LogP contribution in [-0.2, 0) is 4.74 Å². The van der Waals surface area contributed by atoms with Crippen molar-refractivity contribution in [2.45, 2.75) is 17.8 Å². The molecule has 0 aromatic rings. The molecule has 0 saturated carbocycles. The van der Waals surface area contributed by atoms with Gasteiger partial charge in [0, 0.05) is 5.25 Å². The molecular formula is C7H10NOS2. The number of morpholine rings is 1. The maximum atomic E-state index is 5.54. The van der Waals surface area contributed by atoms with Crippen molar-refractivity contribution < 1.29 is 4.74 Å². The van der Waals surface area contributed by atoms with E-state index in [0.717, 1.165) is 18.1 Å². The Kier molecular flexibility index (Phi) is 2.34. The van der Waals surface area contributed by atoms with Crippen molar-refractivity contribution in [3.05, 3.63) is 0 Å². The maximum absolute atomic E-state index is 5.54. The van der Waals surface area contributed by atoms with Crippen molar-refractivity contribution in [1.29, 1.82) is 0 Å². The van der Waals surface area contributed by atoms with Crippen molar-refractivity contribution in [2.75, 3.05) is 18.9 Å². The van der Waals surface area contributed by atoms with Crippen LogP contribution in [0.1, 0.15) is 6.42 Å². The molecule has 0 bridgehead atoms. The highest BCUT2D eigenvalue weighted by Crippen LogP contribution is 2.33. The highest BCUT2D eigenvalue weighted by atomic mass is 32.2. The Morgan fingerprint density at radius 2 is 2.45 bits per heavy atom. The molecule has 1 radical (unpaired) electrons. The molecule has 2 fully saturated rings. The number of thioether (sulfide) groups is 1. The Morgan fingerprint density at radius 1 is 1.64 bits per heavy atom. The molecule has 11 heavy (non-hydrogen) atoms. The molecule has 0 N–H and O–H groups in total. The standard InChI is InChI=1S/C7H10NOS2/c10-7-6(5-1-4-11-5)9-3-2-8-7/h5-6H,1-4H2. The highest BCUT2D eigenvalue weighted by Gasteiger charge is 2.33. The van der Waals surface area contributed by atoms with Gasteiger partial charge in [-0.1, -0.05) is 12.2 Å². The monoisotopic (exact) mass is 188 g/mol. The molecule has 61 valence electrons. The quantitative estimate of drug-likeness (QED) is 0.569. The Morgan fingerprint density at radius 3 is 3.00 bits per heavy atom. The Labute approximate surface area is 76.1 Å². The normalized spacial score (nSPS) is 37.6. The van der Waals surface area contributed by atoms with Gasteiger partial charge in [-0.25, -0.2) is 0 Å². The second-order valence-corrected chi connectivity index (χ2v) is 4.47. The Bertz CT molecular complexity index is 170.